The van der Waals surface area contributed by atoms with Crippen molar-refractivity contribution in [2.45, 2.75) is 47.0 Å². The van der Waals surface area contributed by atoms with Gasteiger partial charge in [0.15, 0.2) is 0 Å². The van der Waals surface area contributed by atoms with Crippen LogP contribution in [0.2, 0.25) is 0 Å². The predicted octanol–water partition coefficient (Wildman–Crippen LogP) is 2.59. The summed E-state index contributed by atoms with van der Waals surface area (Å²) in [6.45, 7) is 12.2. The Balaban J connectivity index is 2.98. The first-order valence-corrected chi connectivity index (χ1v) is 6.53. The molecule has 104 valence electrons. The third-order valence-corrected chi connectivity index (χ3v) is 3.80. The van der Waals surface area contributed by atoms with E-state index in [4.69, 9.17) is 0 Å². The number of carbonyl (C=O) groups excluding carboxylic acids is 2. The van der Waals surface area contributed by atoms with Crippen molar-refractivity contribution in [2.75, 3.05) is 6.54 Å². The highest BCUT2D eigenvalue weighted by atomic mass is 16.2. The van der Waals surface area contributed by atoms with Gasteiger partial charge < -0.3 is 5.32 Å². The van der Waals surface area contributed by atoms with Crippen molar-refractivity contribution in [2.24, 2.45) is 0 Å². The minimum Gasteiger partial charge on any atom is -0.349 e. The summed E-state index contributed by atoms with van der Waals surface area (Å²) in [5.74, 6) is -0.970. The van der Waals surface area contributed by atoms with E-state index in [1.807, 2.05) is 0 Å². The zero-order valence-electron chi connectivity index (χ0n) is 12.7. The quantitative estimate of drug-likeness (QED) is 0.847. The van der Waals surface area contributed by atoms with Gasteiger partial charge in [-0.1, -0.05) is 26.0 Å². The molecule has 1 aromatic rings. The van der Waals surface area contributed by atoms with Crippen molar-refractivity contribution >= 4 is 11.7 Å². The van der Waals surface area contributed by atoms with E-state index >= 15 is 0 Å². The lowest BCUT2D eigenvalue weighted by Gasteiger charge is -2.28. The molecule has 1 amide bonds. The summed E-state index contributed by atoms with van der Waals surface area (Å²) < 4.78 is 0. The Morgan fingerprint density at radius 1 is 1.11 bits per heavy atom. The van der Waals surface area contributed by atoms with Gasteiger partial charge in [-0.3, -0.25) is 9.59 Å². The number of nitrogens with one attached hydrogen (secondary N) is 1. The van der Waals surface area contributed by atoms with Crippen LogP contribution in [0.3, 0.4) is 0 Å². The molecule has 0 aliphatic heterocycles. The molecule has 19 heavy (non-hydrogen) atoms. The first-order valence-electron chi connectivity index (χ1n) is 6.53. The highest BCUT2D eigenvalue weighted by Gasteiger charge is 2.24. The van der Waals surface area contributed by atoms with E-state index in [1.165, 1.54) is 29.2 Å². The molecule has 0 spiro atoms. The van der Waals surface area contributed by atoms with Gasteiger partial charge in [0.1, 0.15) is 0 Å². The van der Waals surface area contributed by atoms with E-state index in [1.54, 1.807) is 0 Å². The summed E-state index contributed by atoms with van der Waals surface area (Å²) in [6.07, 6.45) is 0. The molecule has 0 heterocycles. The van der Waals surface area contributed by atoms with Gasteiger partial charge in [-0.2, -0.15) is 0 Å². The van der Waals surface area contributed by atoms with Crippen molar-refractivity contribution in [3.8, 4) is 0 Å². The lowest BCUT2D eigenvalue weighted by atomic mass is 9.80. The second-order valence-corrected chi connectivity index (χ2v) is 5.80. The zero-order chi connectivity index (χ0) is 14.8. The number of amides is 1. The molecule has 3 heteroatoms. The molecule has 0 aliphatic carbocycles. The number of hydrogen-bond acceptors (Lipinski definition) is 2. The molecule has 0 aromatic heterocycles. The summed E-state index contributed by atoms with van der Waals surface area (Å²) in [4.78, 5) is 22.3. The number of benzene rings is 1. The Morgan fingerprint density at radius 3 is 2.21 bits per heavy atom. The molecule has 0 radical (unpaired) electrons. The molecule has 0 aliphatic rings. The normalized spacial score (nSPS) is 11.3. The van der Waals surface area contributed by atoms with Gasteiger partial charge in [0, 0.05) is 18.9 Å². The maximum Gasteiger partial charge on any atom is 0.287 e. The second-order valence-electron chi connectivity index (χ2n) is 5.80. The third kappa shape index (κ3) is 3.43. The van der Waals surface area contributed by atoms with Crippen LogP contribution in [-0.2, 0) is 15.0 Å². The van der Waals surface area contributed by atoms with Crippen LogP contribution in [0.25, 0.3) is 0 Å². The second kappa shape index (κ2) is 5.55. The van der Waals surface area contributed by atoms with Crippen molar-refractivity contribution in [3.05, 3.63) is 34.4 Å². The minimum atomic E-state index is -0.519. The number of hydrogen-bond donors (Lipinski definition) is 1. The number of rotatable bonds is 4. The van der Waals surface area contributed by atoms with Crippen molar-refractivity contribution < 1.29 is 9.59 Å². The molecule has 0 bridgehead atoms. The van der Waals surface area contributed by atoms with Crippen LogP contribution in [0.15, 0.2) is 12.1 Å². The summed E-state index contributed by atoms with van der Waals surface area (Å²) in [5.41, 5.74) is 4.81. The lowest BCUT2D eigenvalue weighted by molar-refractivity contribution is -0.136. The van der Waals surface area contributed by atoms with Crippen LogP contribution in [0.1, 0.15) is 43.0 Å². The molecule has 0 fully saturated rings. The van der Waals surface area contributed by atoms with Gasteiger partial charge >= 0.3 is 0 Å². The zero-order valence-corrected chi connectivity index (χ0v) is 12.7. The van der Waals surface area contributed by atoms with Gasteiger partial charge in [-0.05, 0) is 43.0 Å². The molecule has 0 saturated heterocycles. The van der Waals surface area contributed by atoms with E-state index in [0.717, 1.165) is 0 Å². The van der Waals surface area contributed by atoms with Crippen molar-refractivity contribution in [1.82, 2.24) is 5.32 Å². The summed E-state index contributed by atoms with van der Waals surface area (Å²) in [7, 11) is 0. The van der Waals surface area contributed by atoms with Gasteiger partial charge in [0.05, 0.1) is 0 Å². The largest absolute Gasteiger partial charge is 0.349 e. The molecular formula is C16H23NO2. The fourth-order valence-electron chi connectivity index (χ4n) is 2.21. The van der Waals surface area contributed by atoms with Gasteiger partial charge in [-0.15, -0.1) is 0 Å². The average Bonchev–Trinajstić information content (AvgIpc) is 2.32. The molecule has 0 atom stereocenters. The molecule has 1 N–H and O–H groups in total. The molecule has 0 saturated carbocycles. The summed E-state index contributed by atoms with van der Waals surface area (Å²) in [5, 5.41) is 2.69. The van der Waals surface area contributed by atoms with Gasteiger partial charge in [-0.25, -0.2) is 0 Å². The average molecular weight is 261 g/mol. The first-order chi connectivity index (χ1) is 8.66. The highest BCUT2D eigenvalue weighted by Crippen LogP contribution is 2.28. The van der Waals surface area contributed by atoms with Crippen molar-refractivity contribution in [1.29, 1.82) is 0 Å². The van der Waals surface area contributed by atoms with Gasteiger partial charge in [0.2, 0.25) is 5.78 Å². The van der Waals surface area contributed by atoms with Crippen LogP contribution < -0.4 is 5.32 Å². The first kappa shape index (κ1) is 15.4. The van der Waals surface area contributed by atoms with E-state index in [-0.39, 0.29) is 5.41 Å². The molecule has 0 unspecified atom stereocenters. The van der Waals surface area contributed by atoms with E-state index in [9.17, 15) is 9.59 Å². The third-order valence-electron chi connectivity index (χ3n) is 3.80. The maximum atomic E-state index is 11.4. The Kier molecular flexibility index (Phi) is 4.51. The highest BCUT2D eigenvalue weighted by molar-refractivity contribution is 6.35. The number of ketones is 1. The Bertz CT molecular complexity index is 516. The molecule has 1 rings (SSSR count). The monoisotopic (exact) mass is 261 g/mol. The number of carbonyl (C=O) groups is 2. The van der Waals surface area contributed by atoms with Crippen molar-refractivity contribution in [3.63, 3.8) is 0 Å². The smallest absolute Gasteiger partial charge is 0.287 e. The molecular weight excluding hydrogens is 238 g/mol. The van der Waals surface area contributed by atoms with E-state index < -0.39 is 11.7 Å². The molecule has 1 aromatic carbocycles. The SMILES string of the molecule is CC(=O)C(=O)NCC(C)(C)c1ccc(C)c(C)c1C. The Morgan fingerprint density at radius 2 is 1.68 bits per heavy atom. The standard InChI is InChI=1S/C16H23NO2/c1-10-7-8-14(12(3)11(10)2)16(5,6)9-17-15(19)13(4)18/h7-8H,9H2,1-6H3,(H,17,19). The number of Topliss-reactive ketones (excluding diaryl/α,β-unsaturated/α-hetero) is 1. The fourth-order valence-corrected chi connectivity index (χ4v) is 2.21. The lowest BCUT2D eigenvalue weighted by Crippen LogP contribution is -2.39. The maximum absolute atomic E-state index is 11.4. The predicted molar refractivity (Wildman–Crippen MR) is 77.4 cm³/mol. The fraction of sp³-hybridized carbons (Fsp3) is 0.500. The van der Waals surface area contributed by atoms with E-state index in [2.05, 4.69) is 52.1 Å². The summed E-state index contributed by atoms with van der Waals surface area (Å²) >= 11 is 0. The summed E-state index contributed by atoms with van der Waals surface area (Å²) in [6, 6.07) is 4.21. The Hall–Kier alpha value is -1.64. The van der Waals surface area contributed by atoms with Gasteiger partial charge in [0.25, 0.3) is 5.91 Å². The molecule has 3 nitrogen and oxygen atoms in total. The number of aryl methyl sites for hydroxylation is 1. The van der Waals surface area contributed by atoms with Crippen LogP contribution in [0.4, 0.5) is 0 Å². The van der Waals surface area contributed by atoms with Crippen LogP contribution in [-0.4, -0.2) is 18.2 Å². The minimum absolute atomic E-state index is 0.201. The Labute approximate surface area is 115 Å². The topological polar surface area (TPSA) is 46.2 Å². The van der Waals surface area contributed by atoms with Crippen LogP contribution >= 0.6 is 0 Å². The van der Waals surface area contributed by atoms with Crippen LogP contribution in [0, 0.1) is 20.8 Å². The van der Waals surface area contributed by atoms with Crippen LogP contribution in [0.5, 0.6) is 0 Å². The van der Waals surface area contributed by atoms with E-state index in [0.29, 0.717) is 6.54 Å².